The third-order valence-corrected chi connectivity index (χ3v) is 5.27. The minimum atomic E-state index is -0.647. The average molecular weight is 281 g/mol. The molecule has 0 aliphatic heterocycles. The van der Waals surface area contributed by atoms with Crippen LogP contribution >= 0.6 is 0 Å². The van der Waals surface area contributed by atoms with E-state index in [1.807, 2.05) is 0 Å². The van der Waals surface area contributed by atoms with Crippen molar-refractivity contribution in [2.45, 2.75) is 83.2 Å². The molecule has 0 aromatic heterocycles. The van der Waals surface area contributed by atoms with Gasteiger partial charge in [-0.25, -0.2) is 0 Å². The monoisotopic (exact) mass is 281 g/mol. The van der Waals surface area contributed by atoms with Gasteiger partial charge >= 0.3 is 0 Å². The smallest absolute Gasteiger partial charge is 0.220 e. The fraction of sp³-hybridized carbons (Fsp3) is 0.941. The Balaban J connectivity index is 1.69. The Morgan fingerprint density at radius 2 is 1.70 bits per heavy atom. The first kappa shape index (κ1) is 15.8. The molecule has 0 bridgehead atoms. The molecule has 0 atom stereocenters. The molecule has 2 N–H and O–H groups in total. The van der Waals surface area contributed by atoms with Gasteiger partial charge < -0.3 is 10.4 Å². The van der Waals surface area contributed by atoms with E-state index in [1.54, 1.807) is 0 Å². The van der Waals surface area contributed by atoms with E-state index in [-0.39, 0.29) is 5.91 Å². The standard InChI is InChI=1S/C17H31NO2/c1-14-8-10-17(20,11-9-14)13-18-16(19)12-15-6-4-2-3-5-7-15/h14-15,20H,2-13H2,1H3,(H,18,19). The van der Waals surface area contributed by atoms with Crippen molar-refractivity contribution in [1.29, 1.82) is 0 Å². The molecule has 0 heterocycles. The van der Waals surface area contributed by atoms with Crippen LogP contribution in [0.3, 0.4) is 0 Å². The summed E-state index contributed by atoms with van der Waals surface area (Å²) in [5.41, 5.74) is -0.647. The molecule has 3 heteroatoms. The molecule has 2 fully saturated rings. The molecule has 0 aromatic carbocycles. The number of amides is 1. The Kier molecular flexibility index (Phi) is 5.88. The van der Waals surface area contributed by atoms with Crippen LogP contribution in [0, 0.1) is 11.8 Å². The summed E-state index contributed by atoms with van der Waals surface area (Å²) in [5, 5.41) is 13.5. The topological polar surface area (TPSA) is 49.3 Å². The van der Waals surface area contributed by atoms with Gasteiger partial charge in [-0.1, -0.05) is 32.6 Å². The van der Waals surface area contributed by atoms with Gasteiger partial charge in [0.25, 0.3) is 0 Å². The van der Waals surface area contributed by atoms with Crippen molar-refractivity contribution in [1.82, 2.24) is 5.32 Å². The number of nitrogens with one attached hydrogen (secondary N) is 1. The summed E-state index contributed by atoms with van der Waals surface area (Å²) in [7, 11) is 0. The number of carbonyl (C=O) groups excluding carboxylic acids is 1. The van der Waals surface area contributed by atoms with Crippen molar-refractivity contribution >= 4 is 5.91 Å². The SMILES string of the molecule is CC1CCC(O)(CNC(=O)CC2CCCCCC2)CC1. The first-order valence-corrected chi connectivity index (χ1v) is 8.56. The minimum Gasteiger partial charge on any atom is -0.388 e. The summed E-state index contributed by atoms with van der Waals surface area (Å²) in [4.78, 5) is 12.1. The summed E-state index contributed by atoms with van der Waals surface area (Å²) < 4.78 is 0. The lowest BCUT2D eigenvalue weighted by atomic mass is 9.79. The van der Waals surface area contributed by atoms with Crippen molar-refractivity contribution in [2.75, 3.05) is 6.54 Å². The van der Waals surface area contributed by atoms with Crippen molar-refractivity contribution in [3.8, 4) is 0 Å². The van der Waals surface area contributed by atoms with E-state index >= 15 is 0 Å². The average Bonchev–Trinajstić information content (AvgIpc) is 2.69. The molecule has 0 unspecified atom stereocenters. The lowest BCUT2D eigenvalue weighted by Crippen LogP contribution is -2.45. The van der Waals surface area contributed by atoms with Crippen LogP contribution in [0.5, 0.6) is 0 Å². The maximum Gasteiger partial charge on any atom is 0.220 e. The predicted molar refractivity (Wildman–Crippen MR) is 81.4 cm³/mol. The van der Waals surface area contributed by atoms with Crippen LogP contribution in [0.2, 0.25) is 0 Å². The van der Waals surface area contributed by atoms with Gasteiger partial charge in [0.2, 0.25) is 5.91 Å². The molecule has 2 saturated carbocycles. The molecule has 2 aliphatic carbocycles. The van der Waals surface area contributed by atoms with Crippen molar-refractivity contribution in [3.63, 3.8) is 0 Å². The predicted octanol–water partition coefficient (Wildman–Crippen LogP) is 3.40. The number of rotatable bonds is 4. The van der Waals surface area contributed by atoms with Gasteiger partial charge in [0.05, 0.1) is 5.60 Å². The Labute approximate surface area is 123 Å². The van der Waals surface area contributed by atoms with Crippen LogP contribution < -0.4 is 5.32 Å². The second kappa shape index (κ2) is 7.44. The highest BCUT2D eigenvalue weighted by atomic mass is 16.3. The van der Waals surface area contributed by atoms with E-state index in [9.17, 15) is 9.90 Å². The Hall–Kier alpha value is -0.570. The zero-order valence-corrected chi connectivity index (χ0v) is 13.0. The molecule has 0 spiro atoms. The van der Waals surface area contributed by atoms with Crippen LogP contribution in [0.1, 0.15) is 77.6 Å². The van der Waals surface area contributed by atoms with E-state index in [2.05, 4.69) is 12.2 Å². The van der Waals surface area contributed by atoms with Crippen molar-refractivity contribution < 1.29 is 9.90 Å². The van der Waals surface area contributed by atoms with Gasteiger partial charge in [-0.3, -0.25) is 4.79 Å². The largest absolute Gasteiger partial charge is 0.388 e. The number of hydrogen-bond acceptors (Lipinski definition) is 2. The second-order valence-electron chi connectivity index (χ2n) is 7.25. The molecule has 2 rings (SSSR count). The minimum absolute atomic E-state index is 0.143. The summed E-state index contributed by atoms with van der Waals surface area (Å²) in [6.07, 6.45) is 12.1. The highest BCUT2D eigenvalue weighted by molar-refractivity contribution is 5.76. The van der Waals surface area contributed by atoms with E-state index in [0.29, 0.717) is 18.9 Å². The van der Waals surface area contributed by atoms with Crippen LogP contribution in [-0.2, 0) is 4.79 Å². The van der Waals surface area contributed by atoms with Crippen molar-refractivity contribution in [3.05, 3.63) is 0 Å². The maximum atomic E-state index is 12.1. The van der Waals surface area contributed by atoms with E-state index in [4.69, 9.17) is 0 Å². The van der Waals surface area contributed by atoms with Gasteiger partial charge in [0.15, 0.2) is 0 Å². The molecule has 116 valence electrons. The van der Waals surface area contributed by atoms with Gasteiger partial charge in [-0.15, -0.1) is 0 Å². The molecule has 20 heavy (non-hydrogen) atoms. The molecular formula is C17H31NO2. The van der Waals surface area contributed by atoms with E-state index in [0.717, 1.165) is 31.6 Å². The third-order valence-electron chi connectivity index (χ3n) is 5.27. The summed E-state index contributed by atoms with van der Waals surface area (Å²) in [6, 6.07) is 0. The van der Waals surface area contributed by atoms with Gasteiger partial charge in [0, 0.05) is 13.0 Å². The number of aliphatic hydroxyl groups is 1. The molecule has 0 saturated heterocycles. The quantitative estimate of drug-likeness (QED) is 0.776. The number of carbonyl (C=O) groups is 1. The molecule has 3 nitrogen and oxygen atoms in total. The Morgan fingerprint density at radius 1 is 1.10 bits per heavy atom. The zero-order valence-electron chi connectivity index (χ0n) is 13.0. The molecule has 1 amide bonds. The zero-order chi connectivity index (χ0) is 14.4. The van der Waals surface area contributed by atoms with E-state index < -0.39 is 5.60 Å². The lowest BCUT2D eigenvalue weighted by molar-refractivity contribution is -0.123. The highest BCUT2D eigenvalue weighted by Gasteiger charge is 2.32. The Morgan fingerprint density at radius 3 is 2.30 bits per heavy atom. The van der Waals surface area contributed by atoms with Crippen LogP contribution in [0.25, 0.3) is 0 Å². The van der Waals surface area contributed by atoms with Gasteiger partial charge in [-0.05, 0) is 50.4 Å². The van der Waals surface area contributed by atoms with Crippen LogP contribution in [-0.4, -0.2) is 23.2 Å². The fourth-order valence-electron chi connectivity index (χ4n) is 3.64. The first-order chi connectivity index (χ1) is 9.57. The van der Waals surface area contributed by atoms with Crippen molar-refractivity contribution in [2.24, 2.45) is 11.8 Å². The lowest BCUT2D eigenvalue weighted by Gasteiger charge is -2.35. The molecule has 0 radical (unpaired) electrons. The number of hydrogen-bond donors (Lipinski definition) is 2. The second-order valence-corrected chi connectivity index (χ2v) is 7.25. The van der Waals surface area contributed by atoms with E-state index in [1.165, 1.54) is 38.5 Å². The maximum absolute atomic E-state index is 12.1. The molecule has 2 aliphatic rings. The fourth-order valence-corrected chi connectivity index (χ4v) is 3.64. The summed E-state index contributed by atoms with van der Waals surface area (Å²) in [5.74, 6) is 1.43. The third kappa shape index (κ3) is 5.08. The molecular weight excluding hydrogens is 250 g/mol. The summed E-state index contributed by atoms with van der Waals surface area (Å²) >= 11 is 0. The van der Waals surface area contributed by atoms with Gasteiger partial charge in [-0.2, -0.15) is 0 Å². The first-order valence-electron chi connectivity index (χ1n) is 8.56. The van der Waals surface area contributed by atoms with Crippen LogP contribution in [0.4, 0.5) is 0 Å². The summed E-state index contributed by atoms with van der Waals surface area (Å²) in [6.45, 7) is 2.69. The normalized spacial score (nSPS) is 32.6. The highest BCUT2D eigenvalue weighted by Crippen LogP contribution is 2.31. The molecule has 0 aromatic rings. The van der Waals surface area contributed by atoms with Gasteiger partial charge in [0.1, 0.15) is 0 Å². The van der Waals surface area contributed by atoms with Crippen LogP contribution in [0.15, 0.2) is 0 Å². The Bertz CT molecular complexity index is 300.